The number of amides is 2. The molecule has 0 fully saturated rings. The Labute approximate surface area is 196 Å². The first kappa shape index (κ1) is 25.9. The van der Waals surface area contributed by atoms with Crippen LogP contribution in [0.2, 0.25) is 0 Å². The molecule has 10 nitrogen and oxygen atoms in total. The van der Waals surface area contributed by atoms with Crippen molar-refractivity contribution in [1.29, 1.82) is 0 Å². The summed E-state index contributed by atoms with van der Waals surface area (Å²) in [5, 5.41) is 15.4. The van der Waals surface area contributed by atoms with Crippen molar-refractivity contribution in [3.05, 3.63) is 59.8 Å². The minimum Gasteiger partial charge on any atom is -0.448 e. The molecular weight excluding hydrogens is 454 g/mol. The third-order valence-electron chi connectivity index (χ3n) is 4.01. The number of carbonyl (C=O) groups excluding carboxylic acids is 3. The Hall–Kier alpha value is -3.37. The zero-order chi connectivity index (χ0) is 24.4. The quantitative estimate of drug-likeness (QED) is 0.297. The Bertz CT molecular complexity index is 933. The number of hydrogen-bond acceptors (Lipinski definition) is 8. The highest BCUT2D eigenvalue weighted by atomic mass is 35.5. The van der Waals surface area contributed by atoms with Crippen LogP contribution in [-0.4, -0.2) is 46.0 Å². The lowest BCUT2D eigenvalue weighted by Gasteiger charge is -2.22. The molecule has 0 saturated heterocycles. The Kier molecular flexibility index (Phi) is 9.43. The summed E-state index contributed by atoms with van der Waals surface area (Å²) in [4.78, 5) is 40.3. The molecule has 2 unspecified atom stereocenters. The van der Waals surface area contributed by atoms with Crippen molar-refractivity contribution in [3.8, 4) is 0 Å². The van der Waals surface area contributed by atoms with E-state index in [0.29, 0.717) is 0 Å². The van der Waals surface area contributed by atoms with Crippen LogP contribution < -0.4 is 10.6 Å². The van der Waals surface area contributed by atoms with Gasteiger partial charge in [-0.05, 0) is 32.4 Å². The molecule has 2 rings (SSSR count). The summed E-state index contributed by atoms with van der Waals surface area (Å²) in [7, 11) is 0. The normalized spacial score (nSPS) is 12.8. The van der Waals surface area contributed by atoms with Gasteiger partial charge in [0.25, 0.3) is 0 Å². The fourth-order valence-corrected chi connectivity index (χ4v) is 2.66. The number of carbonyl (C=O) groups is 3. The number of anilines is 1. The number of benzene rings is 1. The van der Waals surface area contributed by atoms with Crippen molar-refractivity contribution < 1.29 is 33.7 Å². The van der Waals surface area contributed by atoms with Crippen molar-refractivity contribution >= 4 is 35.6 Å². The maximum absolute atomic E-state index is 12.3. The summed E-state index contributed by atoms with van der Waals surface area (Å²) >= 11 is 5.45. The zero-order valence-electron chi connectivity index (χ0n) is 18.4. The highest BCUT2D eigenvalue weighted by Gasteiger charge is 2.32. The highest BCUT2D eigenvalue weighted by Crippen LogP contribution is 2.20. The monoisotopic (exact) mass is 479 g/mol. The van der Waals surface area contributed by atoms with E-state index in [2.05, 4.69) is 15.6 Å². The number of ether oxygens (including phenoxy) is 3. The molecule has 3 N–H and O–H groups in total. The summed E-state index contributed by atoms with van der Waals surface area (Å²) in [5.74, 6) is -0.805. The van der Waals surface area contributed by atoms with E-state index < -0.39 is 42.0 Å². The van der Waals surface area contributed by atoms with Gasteiger partial charge in [-0.25, -0.2) is 19.4 Å². The summed E-state index contributed by atoms with van der Waals surface area (Å²) in [5.41, 5.74) is 0.228. The molecule has 2 atom stereocenters. The van der Waals surface area contributed by atoms with Crippen LogP contribution in [0.25, 0.3) is 0 Å². The molecule has 0 aliphatic heterocycles. The molecule has 178 valence electrons. The number of hydrogen-bond donors (Lipinski definition) is 3. The average Bonchev–Trinajstić information content (AvgIpc) is 2.75. The first-order chi connectivity index (χ1) is 15.6. The van der Waals surface area contributed by atoms with Crippen LogP contribution in [0.4, 0.5) is 15.4 Å². The van der Waals surface area contributed by atoms with Crippen LogP contribution in [0.3, 0.4) is 0 Å². The molecule has 0 aliphatic carbocycles. The Morgan fingerprint density at radius 3 is 2.33 bits per heavy atom. The van der Waals surface area contributed by atoms with Crippen LogP contribution in [0.5, 0.6) is 0 Å². The third-order valence-corrected chi connectivity index (χ3v) is 4.12. The van der Waals surface area contributed by atoms with Gasteiger partial charge in [-0.1, -0.05) is 48.0 Å². The minimum atomic E-state index is -1.53. The van der Waals surface area contributed by atoms with Gasteiger partial charge in [0.1, 0.15) is 24.1 Å². The second kappa shape index (κ2) is 12.0. The number of halogens is 1. The van der Waals surface area contributed by atoms with E-state index >= 15 is 0 Å². The summed E-state index contributed by atoms with van der Waals surface area (Å²) in [6, 6.07) is 9.76. The van der Waals surface area contributed by atoms with Crippen molar-refractivity contribution in [2.24, 2.45) is 0 Å². The van der Waals surface area contributed by atoms with Crippen molar-refractivity contribution in [1.82, 2.24) is 10.3 Å². The van der Waals surface area contributed by atoms with Crippen LogP contribution in [0.1, 0.15) is 38.0 Å². The molecule has 2 amide bonds. The lowest BCUT2D eigenvalue weighted by molar-refractivity contribution is -0.147. The number of nitrogens with one attached hydrogen (secondary N) is 2. The predicted molar refractivity (Wildman–Crippen MR) is 119 cm³/mol. The van der Waals surface area contributed by atoms with Gasteiger partial charge in [0.05, 0.1) is 0 Å². The first-order valence-corrected chi connectivity index (χ1v) is 10.5. The fourth-order valence-electron chi connectivity index (χ4n) is 2.56. The molecule has 33 heavy (non-hydrogen) atoms. The van der Waals surface area contributed by atoms with Crippen molar-refractivity contribution in [2.75, 3.05) is 11.4 Å². The van der Waals surface area contributed by atoms with Gasteiger partial charge in [0.2, 0.25) is 0 Å². The second-order valence-corrected chi connectivity index (χ2v) is 8.02. The number of pyridine rings is 1. The number of nitrogens with zero attached hydrogens (tertiary/aromatic N) is 1. The van der Waals surface area contributed by atoms with Crippen LogP contribution >= 0.6 is 11.6 Å². The number of aromatic nitrogens is 1. The number of esters is 1. The largest absolute Gasteiger partial charge is 0.448 e. The number of alkyl halides is 1. The van der Waals surface area contributed by atoms with Gasteiger partial charge in [-0.2, -0.15) is 0 Å². The van der Waals surface area contributed by atoms with Gasteiger partial charge in [-0.15, -0.1) is 0 Å². The summed E-state index contributed by atoms with van der Waals surface area (Å²) < 4.78 is 15.0. The number of aliphatic hydroxyl groups is 1. The molecule has 0 aliphatic rings. The molecule has 0 radical (unpaired) electrons. The fraction of sp³-hybridized carbons (Fsp3) is 0.364. The molecule has 0 bridgehead atoms. The Morgan fingerprint density at radius 2 is 1.76 bits per heavy atom. The second-order valence-electron chi connectivity index (χ2n) is 7.80. The van der Waals surface area contributed by atoms with Gasteiger partial charge in [-0.3, -0.25) is 5.32 Å². The Balaban J connectivity index is 2.04. The molecule has 1 aromatic carbocycles. The minimum absolute atomic E-state index is 0.0351. The van der Waals surface area contributed by atoms with E-state index in [0.717, 1.165) is 5.56 Å². The molecule has 1 aromatic heterocycles. The van der Waals surface area contributed by atoms with Gasteiger partial charge < -0.3 is 24.6 Å². The first-order valence-electron chi connectivity index (χ1n) is 9.93. The van der Waals surface area contributed by atoms with Crippen molar-refractivity contribution in [3.63, 3.8) is 0 Å². The van der Waals surface area contributed by atoms with E-state index in [4.69, 9.17) is 25.8 Å². The maximum Gasteiger partial charge on any atom is 0.413 e. The van der Waals surface area contributed by atoms with Crippen molar-refractivity contribution in [2.45, 2.75) is 45.1 Å². The summed E-state index contributed by atoms with van der Waals surface area (Å²) in [6.07, 6.45) is -1.94. The van der Waals surface area contributed by atoms with E-state index in [-0.39, 0.29) is 18.0 Å². The van der Waals surface area contributed by atoms with E-state index in [1.807, 2.05) is 6.07 Å². The van der Waals surface area contributed by atoms with Crippen LogP contribution in [-0.2, 0) is 25.6 Å². The van der Waals surface area contributed by atoms with Gasteiger partial charge >= 0.3 is 18.2 Å². The number of rotatable bonds is 8. The molecule has 2 aromatic rings. The summed E-state index contributed by atoms with van der Waals surface area (Å²) in [6.45, 7) is 5.12. The predicted octanol–water partition coefficient (Wildman–Crippen LogP) is 3.50. The topological polar surface area (TPSA) is 136 Å². The number of aliphatic hydroxyl groups excluding tert-OH is 1. The third kappa shape index (κ3) is 8.95. The smallest absolute Gasteiger partial charge is 0.413 e. The maximum atomic E-state index is 12.3. The highest BCUT2D eigenvalue weighted by molar-refractivity contribution is 6.17. The molecule has 11 heteroatoms. The van der Waals surface area contributed by atoms with E-state index in [9.17, 15) is 19.5 Å². The lowest BCUT2D eigenvalue weighted by atomic mass is 10.0. The number of alkyl carbamates (subject to hydrolysis) is 1. The SMILES string of the molecule is CC(C)(C)OC(=O)Nc1ccc(C(O)C(NC(=O)OCc2ccccc2)C(=O)OCCl)cn1. The van der Waals surface area contributed by atoms with Crippen LogP contribution in [0.15, 0.2) is 48.7 Å². The zero-order valence-corrected chi connectivity index (χ0v) is 19.2. The standard InChI is InChI=1S/C22H26ClN3O7/c1-22(2,3)33-21(30)25-16-10-9-15(11-24-16)18(27)17(19(28)32-13-23)26-20(29)31-12-14-7-5-4-6-8-14/h4-11,17-18,27H,12-13H2,1-3H3,(H,26,29)(H,24,25,30). The molecular formula is C22H26ClN3O7. The molecule has 0 spiro atoms. The Morgan fingerprint density at radius 1 is 1.06 bits per heavy atom. The van der Waals surface area contributed by atoms with Crippen LogP contribution in [0, 0.1) is 0 Å². The molecule has 0 saturated carbocycles. The van der Waals surface area contributed by atoms with E-state index in [1.165, 1.54) is 18.3 Å². The van der Waals surface area contributed by atoms with Gasteiger partial charge in [0, 0.05) is 11.8 Å². The van der Waals surface area contributed by atoms with Gasteiger partial charge in [0.15, 0.2) is 12.1 Å². The average molecular weight is 480 g/mol. The van der Waals surface area contributed by atoms with E-state index in [1.54, 1.807) is 45.0 Å². The molecule has 1 heterocycles. The lowest BCUT2D eigenvalue weighted by Crippen LogP contribution is -2.46.